The summed E-state index contributed by atoms with van der Waals surface area (Å²) in [6.45, 7) is 2.02. The molecule has 1 aromatic rings. The van der Waals surface area contributed by atoms with E-state index in [4.69, 9.17) is 5.73 Å². The molecule has 1 saturated heterocycles. The lowest BCUT2D eigenvalue weighted by atomic mass is 9.87. The monoisotopic (exact) mass is 261 g/mol. The second kappa shape index (κ2) is 5.33. The summed E-state index contributed by atoms with van der Waals surface area (Å²) in [5, 5.41) is 3.28. The molecule has 1 aliphatic heterocycles. The number of anilines is 2. The lowest BCUT2D eigenvalue weighted by Crippen LogP contribution is -2.57. The Balaban J connectivity index is 1.76. The lowest BCUT2D eigenvalue weighted by molar-refractivity contribution is 0.433. The average molecular weight is 261 g/mol. The second-order valence-electron chi connectivity index (χ2n) is 5.73. The molecular formula is C14H23N5. The Labute approximate surface area is 114 Å². The van der Waals surface area contributed by atoms with Gasteiger partial charge >= 0.3 is 0 Å². The van der Waals surface area contributed by atoms with Crippen molar-refractivity contribution in [3.63, 3.8) is 0 Å². The average Bonchev–Trinajstić information content (AvgIpc) is 2.38. The van der Waals surface area contributed by atoms with E-state index in [9.17, 15) is 0 Å². The van der Waals surface area contributed by atoms with Gasteiger partial charge in [-0.1, -0.05) is 19.3 Å². The van der Waals surface area contributed by atoms with Gasteiger partial charge in [0.15, 0.2) is 0 Å². The van der Waals surface area contributed by atoms with Crippen LogP contribution in [0.2, 0.25) is 0 Å². The summed E-state index contributed by atoms with van der Waals surface area (Å²) in [7, 11) is 2.00. The van der Waals surface area contributed by atoms with E-state index < -0.39 is 0 Å². The minimum atomic E-state index is 0.422. The van der Waals surface area contributed by atoms with Crippen LogP contribution in [-0.4, -0.2) is 36.1 Å². The van der Waals surface area contributed by atoms with Crippen molar-refractivity contribution in [2.75, 3.05) is 30.8 Å². The fourth-order valence-corrected chi connectivity index (χ4v) is 3.09. The van der Waals surface area contributed by atoms with Gasteiger partial charge in [0.25, 0.3) is 0 Å². The molecule has 0 unspecified atom stereocenters. The first-order valence-corrected chi connectivity index (χ1v) is 7.33. The highest BCUT2D eigenvalue weighted by atomic mass is 15.3. The fourth-order valence-electron chi connectivity index (χ4n) is 3.09. The Morgan fingerprint density at radius 2 is 1.95 bits per heavy atom. The van der Waals surface area contributed by atoms with Crippen molar-refractivity contribution in [3.05, 3.63) is 11.8 Å². The molecule has 3 N–H and O–H groups in total. The van der Waals surface area contributed by atoms with E-state index in [2.05, 4.69) is 26.3 Å². The Bertz CT molecular complexity index is 435. The highest BCUT2D eigenvalue weighted by Gasteiger charge is 2.27. The molecule has 0 bridgehead atoms. The van der Waals surface area contributed by atoms with Gasteiger partial charge in [-0.25, -0.2) is 4.98 Å². The minimum absolute atomic E-state index is 0.422. The number of nitrogens with two attached hydrogens (primary N) is 1. The molecule has 2 fully saturated rings. The molecule has 0 amide bonds. The highest BCUT2D eigenvalue weighted by molar-refractivity contribution is 5.47. The van der Waals surface area contributed by atoms with Crippen molar-refractivity contribution in [2.24, 2.45) is 0 Å². The third-order valence-electron chi connectivity index (χ3n) is 4.39. The van der Waals surface area contributed by atoms with Crippen molar-refractivity contribution in [3.8, 4) is 0 Å². The van der Waals surface area contributed by atoms with Crippen LogP contribution in [0.4, 0.5) is 11.8 Å². The molecule has 3 rings (SSSR count). The predicted octanol–water partition coefficient (Wildman–Crippen LogP) is 1.51. The van der Waals surface area contributed by atoms with Gasteiger partial charge in [0.2, 0.25) is 5.95 Å². The minimum Gasteiger partial charge on any atom is -0.368 e. The molecule has 0 radical (unpaired) electrons. The zero-order valence-electron chi connectivity index (χ0n) is 11.6. The van der Waals surface area contributed by atoms with Gasteiger partial charge in [0, 0.05) is 31.1 Å². The number of hydrogen-bond acceptors (Lipinski definition) is 5. The Morgan fingerprint density at radius 3 is 2.63 bits per heavy atom. The molecule has 2 heterocycles. The van der Waals surface area contributed by atoms with E-state index >= 15 is 0 Å². The summed E-state index contributed by atoms with van der Waals surface area (Å²) in [6.07, 6.45) is 6.48. The summed E-state index contributed by atoms with van der Waals surface area (Å²) in [4.78, 5) is 11.1. The molecule has 0 aromatic carbocycles. The maximum Gasteiger partial charge on any atom is 0.222 e. The van der Waals surface area contributed by atoms with E-state index in [0.29, 0.717) is 17.9 Å². The molecule has 1 aliphatic carbocycles. The zero-order chi connectivity index (χ0) is 13.2. The summed E-state index contributed by atoms with van der Waals surface area (Å²) in [6, 6.07) is 2.73. The normalized spacial score (nSPS) is 21.4. The molecule has 5 heteroatoms. The van der Waals surface area contributed by atoms with E-state index in [1.165, 1.54) is 32.1 Å². The number of nitrogens with one attached hydrogen (secondary N) is 1. The second-order valence-corrected chi connectivity index (χ2v) is 5.73. The van der Waals surface area contributed by atoms with Gasteiger partial charge in [0.1, 0.15) is 5.82 Å². The van der Waals surface area contributed by atoms with Gasteiger partial charge in [0.05, 0.1) is 5.69 Å². The quantitative estimate of drug-likeness (QED) is 0.863. The van der Waals surface area contributed by atoms with Gasteiger partial charge in [-0.05, 0) is 19.9 Å². The van der Waals surface area contributed by atoms with E-state index in [1.807, 2.05) is 7.05 Å². The molecule has 0 atom stereocenters. The first-order chi connectivity index (χ1) is 9.26. The Kier molecular flexibility index (Phi) is 3.55. The molecule has 1 aromatic heterocycles. The van der Waals surface area contributed by atoms with Gasteiger partial charge in [-0.3, -0.25) is 0 Å². The SMILES string of the molecule is CNC1CN(c2cc(C3CCCCC3)nc(N)n2)C1. The van der Waals surface area contributed by atoms with Crippen molar-refractivity contribution < 1.29 is 0 Å². The third-order valence-corrected chi connectivity index (χ3v) is 4.39. The first-order valence-electron chi connectivity index (χ1n) is 7.33. The number of hydrogen-bond donors (Lipinski definition) is 2. The van der Waals surface area contributed by atoms with Gasteiger partial charge in [-0.15, -0.1) is 0 Å². The Hall–Kier alpha value is -1.36. The topological polar surface area (TPSA) is 67.1 Å². The van der Waals surface area contributed by atoms with Crippen LogP contribution in [0.25, 0.3) is 0 Å². The molecule has 5 nitrogen and oxygen atoms in total. The summed E-state index contributed by atoms with van der Waals surface area (Å²) in [5.74, 6) is 2.00. The van der Waals surface area contributed by atoms with Gasteiger partial charge in [-0.2, -0.15) is 4.98 Å². The largest absolute Gasteiger partial charge is 0.368 e. The number of nitrogens with zero attached hydrogens (tertiary/aromatic N) is 3. The van der Waals surface area contributed by atoms with Crippen LogP contribution in [0, 0.1) is 0 Å². The predicted molar refractivity (Wildman–Crippen MR) is 77.3 cm³/mol. The summed E-state index contributed by atoms with van der Waals surface area (Å²) in [5.41, 5.74) is 7.03. The van der Waals surface area contributed by atoms with Crippen LogP contribution in [0.1, 0.15) is 43.7 Å². The van der Waals surface area contributed by atoms with Crippen LogP contribution >= 0.6 is 0 Å². The maximum absolute atomic E-state index is 5.89. The standard InChI is InChI=1S/C14H23N5/c1-16-11-8-19(9-11)13-7-12(17-14(15)18-13)10-5-3-2-4-6-10/h7,10-11,16H,2-6,8-9H2,1H3,(H2,15,17,18). The van der Waals surface area contributed by atoms with Crippen LogP contribution in [0.15, 0.2) is 6.07 Å². The summed E-state index contributed by atoms with van der Waals surface area (Å²) >= 11 is 0. The van der Waals surface area contributed by atoms with Crippen molar-refractivity contribution in [1.29, 1.82) is 0 Å². The third kappa shape index (κ3) is 2.66. The summed E-state index contributed by atoms with van der Waals surface area (Å²) < 4.78 is 0. The molecule has 0 spiro atoms. The first kappa shape index (κ1) is 12.7. The number of likely N-dealkylation sites (N-methyl/N-ethyl adjacent to an activating group) is 1. The van der Waals surface area contributed by atoms with E-state index in [1.54, 1.807) is 0 Å². The van der Waals surface area contributed by atoms with Crippen molar-refractivity contribution >= 4 is 11.8 Å². The molecule has 19 heavy (non-hydrogen) atoms. The van der Waals surface area contributed by atoms with Crippen LogP contribution in [0.3, 0.4) is 0 Å². The Morgan fingerprint density at radius 1 is 1.21 bits per heavy atom. The van der Waals surface area contributed by atoms with Gasteiger partial charge < -0.3 is 16.0 Å². The van der Waals surface area contributed by atoms with Crippen molar-refractivity contribution in [1.82, 2.24) is 15.3 Å². The lowest BCUT2D eigenvalue weighted by Gasteiger charge is -2.40. The van der Waals surface area contributed by atoms with Crippen LogP contribution in [-0.2, 0) is 0 Å². The molecule has 104 valence electrons. The van der Waals surface area contributed by atoms with Crippen LogP contribution < -0.4 is 16.0 Å². The van der Waals surface area contributed by atoms with Crippen molar-refractivity contribution in [2.45, 2.75) is 44.1 Å². The number of rotatable bonds is 3. The maximum atomic E-state index is 5.89. The van der Waals surface area contributed by atoms with E-state index in [-0.39, 0.29) is 0 Å². The molecule has 1 saturated carbocycles. The van der Waals surface area contributed by atoms with Crippen LogP contribution in [0.5, 0.6) is 0 Å². The zero-order valence-corrected chi connectivity index (χ0v) is 11.6. The highest BCUT2D eigenvalue weighted by Crippen LogP contribution is 2.33. The number of aromatic nitrogens is 2. The molecular weight excluding hydrogens is 238 g/mol. The van der Waals surface area contributed by atoms with E-state index in [0.717, 1.165) is 24.6 Å². The number of nitrogen functional groups attached to an aromatic ring is 1. The smallest absolute Gasteiger partial charge is 0.222 e. The molecule has 2 aliphatic rings. The fraction of sp³-hybridized carbons (Fsp3) is 0.714.